The first kappa shape index (κ1) is 14.8. The fourth-order valence-corrected chi connectivity index (χ4v) is 4.43. The molecular formula is C18H24N4O. The fourth-order valence-electron chi connectivity index (χ4n) is 4.43. The number of carbonyl (C=O) groups excluding carboxylic acids is 1. The number of hydrazine groups is 1. The van der Waals surface area contributed by atoms with Gasteiger partial charge in [0.15, 0.2) is 5.78 Å². The van der Waals surface area contributed by atoms with Gasteiger partial charge in [-0.05, 0) is 30.9 Å². The Bertz CT molecular complexity index is 667. The molecule has 3 N–H and O–H groups in total. The van der Waals surface area contributed by atoms with Gasteiger partial charge in [0.05, 0.1) is 6.17 Å². The molecule has 1 fully saturated rings. The average Bonchev–Trinajstić information content (AvgIpc) is 2.86. The highest BCUT2D eigenvalue weighted by atomic mass is 16.1. The number of allylic oxidation sites excluding steroid dienone is 2. The minimum atomic E-state index is 0.0159. The van der Waals surface area contributed by atoms with E-state index in [1.54, 1.807) is 0 Å². The maximum atomic E-state index is 13.0. The average molecular weight is 312 g/mol. The van der Waals surface area contributed by atoms with E-state index in [0.717, 1.165) is 23.4 Å². The summed E-state index contributed by atoms with van der Waals surface area (Å²) in [6.45, 7) is 6.50. The molecule has 4 rings (SSSR count). The first-order chi connectivity index (χ1) is 11.0. The molecule has 122 valence electrons. The number of ketones is 1. The lowest BCUT2D eigenvalue weighted by Crippen LogP contribution is -2.52. The van der Waals surface area contributed by atoms with E-state index in [2.05, 4.69) is 48.0 Å². The van der Waals surface area contributed by atoms with Crippen LogP contribution in [0.25, 0.3) is 0 Å². The second-order valence-corrected chi connectivity index (χ2v) is 7.84. The van der Waals surface area contributed by atoms with E-state index >= 15 is 0 Å². The molecule has 1 aliphatic carbocycles. The van der Waals surface area contributed by atoms with Gasteiger partial charge in [-0.25, -0.2) is 5.43 Å². The highest BCUT2D eigenvalue weighted by Crippen LogP contribution is 2.47. The third kappa shape index (κ3) is 2.39. The Balaban J connectivity index is 1.85. The van der Waals surface area contributed by atoms with E-state index in [0.29, 0.717) is 6.42 Å². The Hall–Kier alpha value is -1.72. The smallest absolute Gasteiger partial charge is 0.161 e. The van der Waals surface area contributed by atoms with Crippen LogP contribution in [0.1, 0.15) is 45.2 Å². The van der Waals surface area contributed by atoms with Crippen molar-refractivity contribution in [3.8, 4) is 0 Å². The number of pyridine rings is 1. The van der Waals surface area contributed by atoms with Crippen molar-refractivity contribution in [1.29, 1.82) is 0 Å². The SMILES string of the molecule is CC1NNC2NC3=C(C(=O)CC(C)(C)C3)C(c3ccccn3)C12. The molecular weight excluding hydrogens is 288 g/mol. The van der Waals surface area contributed by atoms with Crippen LogP contribution in [0.4, 0.5) is 0 Å². The van der Waals surface area contributed by atoms with Crippen LogP contribution >= 0.6 is 0 Å². The van der Waals surface area contributed by atoms with Crippen LogP contribution in [0.5, 0.6) is 0 Å². The number of hydrogen-bond donors (Lipinski definition) is 3. The number of carbonyl (C=O) groups is 1. The van der Waals surface area contributed by atoms with Crippen molar-refractivity contribution in [2.75, 3.05) is 0 Å². The van der Waals surface area contributed by atoms with Gasteiger partial charge in [0.1, 0.15) is 0 Å². The van der Waals surface area contributed by atoms with Crippen molar-refractivity contribution >= 4 is 5.78 Å². The Morgan fingerprint density at radius 2 is 2.04 bits per heavy atom. The molecule has 0 amide bonds. The highest BCUT2D eigenvalue weighted by molar-refractivity contribution is 5.99. The minimum Gasteiger partial charge on any atom is -0.371 e. The molecule has 0 bridgehead atoms. The zero-order valence-electron chi connectivity index (χ0n) is 13.9. The van der Waals surface area contributed by atoms with Gasteiger partial charge in [-0.3, -0.25) is 15.2 Å². The van der Waals surface area contributed by atoms with Gasteiger partial charge >= 0.3 is 0 Å². The van der Waals surface area contributed by atoms with Crippen molar-refractivity contribution in [1.82, 2.24) is 21.2 Å². The fraction of sp³-hybridized carbons (Fsp3) is 0.556. The summed E-state index contributed by atoms with van der Waals surface area (Å²) in [5, 5.41) is 3.59. The van der Waals surface area contributed by atoms with Gasteiger partial charge < -0.3 is 5.32 Å². The number of aromatic nitrogens is 1. The molecule has 0 aromatic carbocycles. The van der Waals surface area contributed by atoms with Crippen LogP contribution < -0.4 is 16.2 Å². The number of nitrogens with zero attached hydrogens (tertiary/aromatic N) is 1. The Labute approximate surface area is 136 Å². The van der Waals surface area contributed by atoms with Gasteiger partial charge in [0.2, 0.25) is 0 Å². The van der Waals surface area contributed by atoms with Gasteiger partial charge in [-0.1, -0.05) is 19.9 Å². The summed E-state index contributed by atoms with van der Waals surface area (Å²) in [4.78, 5) is 17.5. The summed E-state index contributed by atoms with van der Waals surface area (Å²) < 4.78 is 0. The van der Waals surface area contributed by atoms with Crippen molar-refractivity contribution < 1.29 is 4.79 Å². The number of nitrogens with one attached hydrogen (secondary N) is 3. The lowest BCUT2D eigenvalue weighted by atomic mass is 9.66. The van der Waals surface area contributed by atoms with Crippen molar-refractivity contribution in [2.45, 2.75) is 51.7 Å². The zero-order chi connectivity index (χ0) is 16.2. The summed E-state index contributed by atoms with van der Waals surface area (Å²) in [6.07, 6.45) is 3.49. The molecule has 3 heterocycles. The van der Waals surface area contributed by atoms with Crippen molar-refractivity contribution in [2.24, 2.45) is 11.3 Å². The normalized spacial score (nSPS) is 35.5. The maximum Gasteiger partial charge on any atom is 0.161 e. The maximum absolute atomic E-state index is 13.0. The predicted octanol–water partition coefficient (Wildman–Crippen LogP) is 1.85. The molecule has 0 saturated carbocycles. The lowest BCUT2D eigenvalue weighted by molar-refractivity contribution is -0.118. The van der Waals surface area contributed by atoms with Gasteiger partial charge in [-0.15, -0.1) is 0 Å². The van der Waals surface area contributed by atoms with Gasteiger partial charge in [-0.2, -0.15) is 0 Å². The predicted molar refractivity (Wildman–Crippen MR) is 88.2 cm³/mol. The monoisotopic (exact) mass is 312 g/mol. The number of Topliss-reactive ketones (excluding diaryl/α,β-unsaturated/α-hetero) is 1. The summed E-state index contributed by atoms with van der Waals surface area (Å²) in [5.74, 6) is 0.601. The third-order valence-corrected chi connectivity index (χ3v) is 5.38. The zero-order valence-corrected chi connectivity index (χ0v) is 13.9. The van der Waals surface area contributed by atoms with Crippen molar-refractivity contribution in [3.05, 3.63) is 41.4 Å². The van der Waals surface area contributed by atoms with Crippen LogP contribution in [0.2, 0.25) is 0 Å². The summed E-state index contributed by atoms with van der Waals surface area (Å²) in [5.41, 5.74) is 9.76. The van der Waals surface area contributed by atoms with E-state index in [4.69, 9.17) is 0 Å². The van der Waals surface area contributed by atoms with Crippen LogP contribution in [0.3, 0.4) is 0 Å². The Kier molecular flexibility index (Phi) is 3.32. The summed E-state index contributed by atoms with van der Waals surface area (Å²) in [6, 6.07) is 6.27. The topological polar surface area (TPSA) is 66.0 Å². The third-order valence-electron chi connectivity index (χ3n) is 5.38. The highest BCUT2D eigenvalue weighted by Gasteiger charge is 2.50. The second-order valence-electron chi connectivity index (χ2n) is 7.84. The Morgan fingerprint density at radius 3 is 2.78 bits per heavy atom. The molecule has 1 aromatic rings. The summed E-state index contributed by atoms with van der Waals surface area (Å²) in [7, 11) is 0. The molecule has 0 spiro atoms. The first-order valence-corrected chi connectivity index (χ1v) is 8.41. The molecule has 5 nitrogen and oxygen atoms in total. The second kappa shape index (κ2) is 5.14. The number of fused-ring (bicyclic) bond motifs is 1. The van der Waals surface area contributed by atoms with E-state index in [9.17, 15) is 4.79 Å². The van der Waals surface area contributed by atoms with Gasteiger partial charge in [0, 0.05) is 47.5 Å². The molecule has 0 radical (unpaired) electrons. The molecule has 23 heavy (non-hydrogen) atoms. The van der Waals surface area contributed by atoms with E-state index < -0.39 is 0 Å². The number of rotatable bonds is 1. The van der Waals surface area contributed by atoms with E-state index in [1.807, 2.05) is 18.3 Å². The first-order valence-electron chi connectivity index (χ1n) is 8.41. The molecule has 3 aliphatic rings. The lowest BCUT2D eigenvalue weighted by Gasteiger charge is -2.43. The molecule has 2 aliphatic heterocycles. The van der Waals surface area contributed by atoms with Crippen molar-refractivity contribution in [3.63, 3.8) is 0 Å². The molecule has 5 heteroatoms. The Morgan fingerprint density at radius 1 is 1.22 bits per heavy atom. The van der Waals surface area contributed by atoms with Gasteiger partial charge in [0.25, 0.3) is 0 Å². The molecule has 1 aromatic heterocycles. The van der Waals surface area contributed by atoms with Crippen LogP contribution in [0, 0.1) is 11.3 Å². The standard InChI is InChI=1S/C18H24N4O/c1-10-14-16(11-6-4-5-7-19-11)15-12(20-17(14)22-21-10)8-18(2,3)9-13(15)23/h4-7,10,14,16-17,20-22H,8-9H2,1-3H3. The number of hydrogen-bond acceptors (Lipinski definition) is 5. The molecule has 4 unspecified atom stereocenters. The quantitative estimate of drug-likeness (QED) is 0.738. The van der Waals surface area contributed by atoms with E-state index in [-0.39, 0.29) is 35.2 Å². The van der Waals surface area contributed by atoms with Crippen LogP contribution in [-0.4, -0.2) is 23.0 Å². The molecule has 1 saturated heterocycles. The van der Waals surface area contributed by atoms with Crippen LogP contribution in [0.15, 0.2) is 35.7 Å². The summed E-state index contributed by atoms with van der Waals surface area (Å²) >= 11 is 0. The molecule has 4 atom stereocenters. The largest absolute Gasteiger partial charge is 0.371 e. The minimum absolute atomic E-state index is 0.0159. The van der Waals surface area contributed by atoms with E-state index in [1.165, 1.54) is 0 Å². The van der Waals surface area contributed by atoms with Crippen LogP contribution in [-0.2, 0) is 4.79 Å².